The Morgan fingerprint density at radius 1 is 1.35 bits per heavy atom. The molecule has 0 saturated carbocycles. The molecule has 1 aromatic rings. The molecule has 0 aliphatic carbocycles. The molecular weight excluding hydrogens is 226 g/mol. The smallest absolute Gasteiger partial charge is 0.343 e. The van der Waals surface area contributed by atoms with Crippen molar-refractivity contribution < 1.29 is 19.0 Å². The number of azide groups is 1. The number of nitrogens with zero attached hydrogens (tertiary/aromatic N) is 3. The summed E-state index contributed by atoms with van der Waals surface area (Å²) in [6, 6.07) is 4.61. The number of rotatable bonds is 5. The topological polar surface area (TPSA) is 93.5 Å². The summed E-state index contributed by atoms with van der Waals surface area (Å²) in [7, 11) is 2.74. The summed E-state index contributed by atoms with van der Waals surface area (Å²) in [4.78, 5) is 13.5. The molecule has 0 atom stereocenters. The zero-order valence-corrected chi connectivity index (χ0v) is 9.41. The Labute approximate surface area is 97.5 Å². The third-order valence-electron chi connectivity index (χ3n) is 1.85. The van der Waals surface area contributed by atoms with E-state index in [9.17, 15) is 4.79 Å². The Morgan fingerprint density at radius 3 is 2.65 bits per heavy atom. The molecule has 0 saturated heterocycles. The van der Waals surface area contributed by atoms with Crippen LogP contribution >= 0.6 is 0 Å². The molecule has 0 heterocycles. The summed E-state index contributed by atoms with van der Waals surface area (Å²) < 4.78 is 14.6. The van der Waals surface area contributed by atoms with Gasteiger partial charge in [0.25, 0.3) is 0 Å². The van der Waals surface area contributed by atoms with Crippen LogP contribution in [0, 0.1) is 0 Å². The lowest BCUT2D eigenvalue weighted by molar-refractivity contribution is -0.142. The van der Waals surface area contributed by atoms with E-state index in [0.717, 1.165) is 0 Å². The largest absolute Gasteiger partial charge is 0.497 e. The van der Waals surface area contributed by atoms with Crippen LogP contribution in [0.3, 0.4) is 0 Å². The summed E-state index contributed by atoms with van der Waals surface area (Å²) in [6.45, 7) is -0.223. The van der Waals surface area contributed by atoms with Crippen molar-refractivity contribution in [1.29, 1.82) is 0 Å². The number of hydrogen-bond donors (Lipinski definition) is 0. The number of methoxy groups -OCH3 is 2. The Bertz CT molecular complexity index is 455. The number of carbonyl (C=O) groups excluding carboxylic acids is 1. The molecule has 0 radical (unpaired) electrons. The fourth-order valence-electron chi connectivity index (χ4n) is 1.07. The predicted octanol–water partition coefficient (Wildman–Crippen LogP) is 2.19. The number of carbonyl (C=O) groups is 1. The minimum atomic E-state index is -0.502. The quantitative estimate of drug-likeness (QED) is 0.339. The van der Waals surface area contributed by atoms with E-state index in [-0.39, 0.29) is 6.61 Å². The van der Waals surface area contributed by atoms with Crippen molar-refractivity contribution >= 4 is 11.7 Å². The van der Waals surface area contributed by atoms with Gasteiger partial charge in [0.1, 0.15) is 11.5 Å². The maximum absolute atomic E-state index is 10.9. The third-order valence-corrected chi connectivity index (χ3v) is 1.85. The van der Waals surface area contributed by atoms with E-state index >= 15 is 0 Å². The first-order valence-electron chi connectivity index (χ1n) is 4.63. The number of esters is 1. The average Bonchev–Trinajstić information content (AvgIpc) is 2.36. The zero-order valence-electron chi connectivity index (χ0n) is 9.41. The van der Waals surface area contributed by atoms with Crippen LogP contribution in [0.25, 0.3) is 10.4 Å². The van der Waals surface area contributed by atoms with E-state index in [1.807, 2.05) is 0 Å². The van der Waals surface area contributed by atoms with Crippen LogP contribution in [0.4, 0.5) is 5.69 Å². The lowest BCUT2D eigenvalue weighted by Gasteiger charge is -2.07. The number of ether oxygens (including phenoxy) is 3. The van der Waals surface area contributed by atoms with Crippen molar-refractivity contribution in [3.8, 4) is 11.5 Å². The van der Waals surface area contributed by atoms with Gasteiger partial charge < -0.3 is 14.2 Å². The van der Waals surface area contributed by atoms with Crippen LogP contribution in [-0.4, -0.2) is 26.8 Å². The van der Waals surface area contributed by atoms with Gasteiger partial charge in [0.15, 0.2) is 6.61 Å². The summed E-state index contributed by atoms with van der Waals surface area (Å²) in [6.07, 6.45) is 0. The first kappa shape index (κ1) is 12.7. The third kappa shape index (κ3) is 3.92. The van der Waals surface area contributed by atoms with Crippen molar-refractivity contribution in [3.63, 3.8) is 0 Å². The highest BCUT2D eigenvalue weighted by Gasteiger charge is 2.05. The Balaban J connectivity index is 2.86. The van der Waals surface area contributed by atoms with E-state index in [1.54, 1.807) is 12.1 Å². The van der Waals surface area contributed by atoms with Crippen LogP contribution in [0.1, 0.15) is 0 Å². The molecule has 1 aromatic carbocycles. The van der Waals surface area contributed by atoms with Gasteiger partial charge >= 0.3 is 5.97 Å². The van der Waals surface area contributed by atoms with Gasteiger partial charge in [-0.25, -0.2) is 4.79 Å². The van der Waals surface area contributed by atoms with Gasteiger partial charge in [0.2, 0.25) is 0 Å². The van der Waals surface area contributed by atoms with Crippen LogP contribution < -0.4 is 9.47 Å². The van der Waals surface area contributed by atoms with Gasteiger partial charge in [-0.2, -0.15) is 0 Å². The van der Waals surface area contributed by atoms with Crippen molar-refractivity contribution in [2.24, 2.45) is 5.11 Å². The van der Waals surface area contributed by atoms with Crippen LogP contribution in [0.15, 0.2) is 23.3 Å². The fourth-order valence-corrected chi connectivity index (χ4v) is 1.07. The van der Waals surface area contributed by atoms with Crippen molar-refractivity contribution in [2.75, 3.05) is 20.8 Å². The van der Waals surface area contributed by atoms with Gasteiger partial charge in [0.05, 0.1) is 14.2 Å². The SMILES string of the molecule is COC(=O)COc1cc(N=[N+]=[N-])cc(OC)c1. The first-order valence-corrected chi connectivity index (χ1v) is 4.63. The van der Waals surface area contributed by atoms with E-state index < -0.39 is 5.97 Å². The molecule has 0 spiro atoms. The molecule has 0 aliphatic rings. The zero-order chi connectivity index (χ0) is 12.7. The lowest BCUT2D eigenvalue weighted by atomic mass is 10.3. The van der Waals surface area contributed by atoms with Crippen LogP contribution in [-0.2, 0) is 9.53 Å². The fraction of sp³-hybridized carbons (Fsp3) is 0.300. The highest BCUT2D eigenvalue weighted by Crippen LogP contribution is 2.27. The van der Waals surface area contributed by atoms with Gasteiger partial charge in [-0.15, -0.1) is 0 Å². The molecular formula is C10H11N3O4. The Morgan fingerprint density at radius 2 is 2.06 bits per heavy atom. The molecule has 17 heavy (non-hydrogen) atoms. The minimum absolute atomic E-state index is 0.223. The predicted molar refractivity (Wildman–Crippen MR) is 59.3 cm³/mol. The molecule has 0 bridgehead atoms. The van der Waals surface area contributed by atoms with Gasteiger partial charge in [-0.05, 0) is 17.7 Å². The van der Waals surface area contributed by atoms with Crippen molar-refractivity contribution in [1.82, 2.24) is 0 Å². The van der Waals surface area contributed by atoms with Crippen molar-refractivity contribution in [2.45, 2.75) is 0 Å². The molecule has 7 nitrogen and oxygen atoms in total. The highest BCUT2D eigenvalue weighted by molar-refractivity contribution is 5.71. The maximum Gasteiger partial charge on any atom is 0.343 e. The normalized spacial score (nSPS) is 9.06. The summed E-state index contributed by atoms with van der Waals surface area (Å²) in [5.41, 5.74) is 8.67. The monoisotopic (exact) mass is 237 g/mol. The summed E-state index contributed by atoms with van der Waals surface area (Å²) in [5.74, 6) is 0.324. The van der Waals surface area contributed by atoms with Crippen LogP contribution in [0.2, 0.25) is 0 Å². The van der Waals surface area contributed by atoms with Gasteiger partial charge in [-0.3, -0.25) is 0 Å². The molecule has 90 valence electrons. The molecule has 1 rings (SSSR count). The van der Waals surface area contributed by atoms with E-state index in [1.165, 1.54) is 20.3 Å². The van der Waals surface area contributed by atoms with Crippen LogP contribution in [0.5, 0.6) is 11.5 Å². The van der Waals surface area contributed by atoms with Gasteiger partial charge in [-0.1, -0.05) is 5.11 Å². The second kappa shape index (κ2) is 6.24. The average molecular weight is 237 g/mol. The molecule has 0 unspecified atom stereocenters. The second-order valence-electron chi connectivity index (χ2n) is 2.92. The van der Waals surface area contributed by atoms with Crippen molar-refractivity contribution in [3.05, 3.63) is 28.6 Å². The number of hydrogen-bond acceptors (Lipinski definition) is 5. The molecule has 0 fully saturated rings. The summed E-state index contributed by atoms with van der Waals surface area (Å²) in [5, 5.41) is 3.43. The summed E-state index contributed by atoms with van der Waals surface area (Å²) >= 11 is 0. The molecule has 7 heteroatoms. The Kier molecular flexibility index (Phi) is 4.65. The molecule has 0 amide bonds. The first-order chi connectivity index (χ1) is 8.19. The molecule has 0 aromatic heterocycles. The van der Waals surface area contributed by atoms with E-state index in [4.69, 9.17) is 15.0 Å². The van der Waals surface area contributed by atoms with E-state index in [0.29, 0.717) is 17.2 Å². The standard InChI is InChI=1S/C10H11N3O4/c1-15-8-3-7(12-13-11)4-9(5-8)17-6-10(14)16-2/h3-5H,6H2,1-2H3. The lowest BCUT2D eigenvalue weighted by Crippen LogP contribution is -2.12. The van der Waals surface area contributed by atoms with Gasteiger partial charge in [0, 0.05) is 16.7 Å². The Hall–Kier alpha value is -2.40. The highest BCUT2D eigenvalue weighted by atomic mass is 16.6. The van der Waals surface area contributed by atoms with E-state index in [2.05, 4.69) is 14.8 Å². The molecule has 0 N–H and O–H groups in total. The minimum Gasteiger partial charge on any atom is -0.497 e. The maximum atomic E-state index is 10.9. The second-order valence-corrected chi connectivity index (χ2v) is 2.92. The number of benzene rings is 1. The molecule has 0 aliphatic heterocycles.